The summed E-state index contributed by atoms with van der Waals surface area (Å²) in [6, 6.07) is 27.8. The lowest BCUT2D eigenvalue weighted by Crippen LogP contribution is -2.18. The summed E-state index contributed by atoms with van der Waals surface area (Å²) in [6.07, 6.45) is 0. The SMILES string of the molecule is O=c1oc2c(c(N(c3ccccc3)c3ccccc3)c1Cl)CSc1ccccc1-2. The number of thioether (sulfide) groups is 1. The van der Waals surface area contributed by atoms with Gasteiger partial charge in [0.25, 0.3) is 0 Å². The first kappa shape index (κ1) is 18.1. The molecular formula is C24H16ClNO2S. The van der Waals surface area contributed by atoms with Gasteiger partial charge in [-0.2, -0.15) is 0 Å². The molecule has 1 aromatic heterocycles. The zero-order chi connectivity index (χ0) is 19.8. The second-order valence-corrected chi connectivity index (χ2v) is 8.05. The number of para-hydroxylation sites is 2. The molecule has 0 spiro atoms. The molecule has 0 saturated heterocycles. The van der Waals surface area contributed by atoms with E-state index < -0.39 is 5.63 Å². The van der Waals surface area contributed by atoms with E-state index in [1.165, 1.54) is 0 Å². The summed E-state index contributed by atoms with van der Waals surface area (Å²) in [4.78, 5) is 15.9. The van der Waals surface area contributed by atoms with Gasteiger partial charge < -0.3 is 9.32 Å². The van der Waals surface area contributed by atoms with Gasteiger partial charge in [0.15, 0.2) is 5.02 Å². The van der Waals surface area contributed by atoms with E-state index in [4.69, 9.17) is 16.0 Å². The molecule has 5 rings (SSSR count). The topological polar surface area (TPSA) is 33.5 Å². The first-order chi connectivity index (χ1) is 14.2. The number of anilines is 3. The second kappa shape index (κ2) is 7.47. The molecule has 0 radical (unpaired) electrons. The molecule has 0 saturated carbocycles. The molecule has 0 amide bonds. The van der Waals surface area contributed by atoms with E-state index in [2.05, 4.69) is 0 Å². The highest BCUT2D eigenvalue weighted by Crippen LogP contribution is 2.49. The fourth-order valence-corrected chi connectivity index (χ4v) is 4.91. The van der Waals surface area contributed by atoms with Gasteiger partial charge in [0, 0.05) is 33.2 Å². The quantitative estimate of drug-likeness (QED) is 0.358. The van der Waals surface area contributed by atoms with E-state index >= 15 is 0 Å². The standard InChI is InChI=1S/C24H16ClNO2S/c25-21-22(26(16-9-3-1-4-10-16)17-11-5-2-6-12-17)19-15-29-20-14-8-7-13-18(20)23(19)28-24(21)27/h1-14H,15H2. The lowest BCUT2D eigenvalue weighted by molar-refractivity contribution is 0.520. The van der Waals surface area contributed by atoms with Crippen molar-refractivity contribution >= 4 is 40.4 Å². The molecule has 0 atom stereocenters. The summed E-state index contributed by atoms with van der Waals surface area (Å²) in [5.74, 6) is 1.27. The molecule has 0 N–H and O–H groups in total. The first-order valence-electron chi connectivity index (χ1n) is 9.22. The minimum Gasteiger partial charge on any atom is -0.421 e. The van der Waals surface area contributed by atoms with E-state index in [1.54, 1.807) is 11.8 Å². The Balaban J connectivity index is 1.83. The molecular weight excluding hydrogens is 402 g/mol. The van der Waals surface area contributed by atoms with Crippen molar-refractivity contribution in [1.29, 1.82) is 0 Å². The summed E-state index contributed by atoms with van der Waals surface area (Å²) in [7, 11) is 0. The Morgan fingerprint density at radius 1 is 0.828 bits per heavy atom. The molecule has 3 nitrogen and oxygen atoms in total. The molecule has 0 unspecified atom stereocenters. The van der Waals surface area contributed by atoms with Crippen molar-refractivity contribution in [3.05, 3.63) is 106 Å². The summed E-state index contributed by atoms with van der Waals surface area (Å²) in [5, 5.41) is 0.0939. The van der Waals surface area contributed by atoms with Gasteiger partial charge in [-0.1, -0.05) is 66.2 Å². The molecule has 142 valence electrons. The third kappa shape index (κ3) is 3.15. The molecule has 1 aliphatic heterocycles. The molecule has 29 heavy (non-hydrogen) atoms. The van der Waals surface area contributed by atoms with Crippen LogP contribution < -0.4 is 10.5 Å². The normalized spacial score (nSPS) is 12.2. The maximum atomic E-state index is 12.8. The van der Waals surface area contributed by atoms with Crippen LogP contribution in [0.25, 0.3) is 11.3 Å². The van der Waals surface area contributed by atoms with Crippen LogP contribution in [0.5, 0.6) is 0 Å². The lowest BCUT2D eigenvalue weighted by atomic mass is 10.0. The van der Waals surface area contributed by atoms with Crippen molar-refractivity contribution in [2.45, 2.75) is 10.6 Å². The number of fused-ring (bicyclic) bond motifs is 3. The van der Waals surface area contributed by atoms with Crippen LogP contribution in [-0.2, 0) is 5.75 Å². The molecule has 1 aliphatic rings. The van der Waals surface area contributed by atoms with E-state index in [9.17, 15) is 4.79 Å². The van der Waals surface area contributed by atoms with Crippen LogP contribution in [0.4, 0.5) is 17.1 Å². The summed E-state index contributed by atoms with van der Waals surface area (Å²) >= 11 is 8.32. The van der Waals surface area contributed by atoms with Crippen LogP contribution in [0.3, 0.4) is 0 Å². The number of halogens is 1. The van der Waals surface area contributed by atoms with E-state index in [0.717, 1.165) is 27.4 Å². The third-order valence-corrected chi connectivity index (χ3v) is 6.33. The van der Waals surface area contributed by atoms with Gasteiger partial charge in [-0.05, 0) is 30.3 Å². The van der Waals surface area contributed by atoms with E-state index in [0.29, 0.717) is 17.2 Å². The van der Waals surface area contributed by atoms with Crippen molar-refractivity contribution in [1.82, 2.24) is 0 Å². The summed E-state index contributed by atoms with van der Waals surface area (Å²) in [6.45, 7) is 0. The number of hydrogen-bond acceptors (Lipinski definition) is 4. The maximum absolute atomic E-state index is 12.8. The minimum absolute atomic E-state index is 0.0939. The number of benzene rings is 3. The molecule has 5 heteroatoms. The fraction of sp³-hybridized carbons (Fsp3) is 0.0417. The van der Waals surface area contributed by atoms with Crippen LogP contribution in [0, 0.1) is 0 Å². The van der Waals surface area contributed by atoms with Crippen molar-refractivity contribution in [2.24, 2.45) is 0 Å². The van der Waals surface area contributed by atoms with Gasteiger partial charge in [-0.3, -0.25) is 0 Å². The summed E-state index contributed by atoms with van der Waals surface area (Å²) < 4.78 is 5.69. The zero-order valence-electron chi connectivity index (χ0n) is 15.3. The maximum Gasteiger partial charge on any atom is 0.357 e. The Morgan fingerprint density at radius 2 is 1.41 bits per heavy atom. The smallest absolute Gasteiger partial charge is 0.357 e. The van der Waals surface area contributed by atoms with Gasteiger partial charge >= 0.3 is 5.63 Å². The van der Waals surface area contributed by atoms with Crippen LogP contribution in [0.15, 0.2) is 99.0 Å². The lowest BCUT2D eigenvalue weighted by Gasteiger charge is -2.30. The molecule has 3 aromatic carbocycles. The van der Waals surface area contributed by atoms with Crippen molar-refractivity contribution in [3.63, 3.8) is 0 Å². The van der Waals surface area contributed by atoms with Crippen LogP contribution in [0.2, 0.25) is 5.02 Å². The first-order valence-corrected chi connectivity index (χ1v) is 10.6. The average molecular weight is 418 g/mol. The van der Waals surface area contributed by atoms with Crippen molar-refractivity contribution in [3.8, 4) is 11.3 Å². The van der Waals surface area contributed by atoms with E-state index in [-0.39, 0.29) is 5.02 Å². The Bertz CT molecular complexity index is 1200. The number of nitrogens with zero attached hydrogens (tertiary/aromatic N) is 1. The molecule has 0 aliphatic carbocycles. The fourth-order valence-electron chi connectivity index (χ4n) is 3.61. The van der Waals surface area contributed by atoms with Gasteiger partial charge in [-0.15, -0.1) is 11.8 Å². The van der Waals surface area contributed by atoms with Crippen molar-refractivity contribution < 1.29 is 4.42 Å². The van der Waals surface area contributed by atoms with Gasteiger partial charge in [-0.25, -0.2) is 4.79 Å². The Labute approximate surface area is 177 Å². The van der Waals surface area contributed by atoms with Crippen LogP contribution in [-0.4, -0.2) is 0 Å². The number of hydrogen-bond donors (Lipinski definition) is 0. The predicted octanol–water partition coefficient (Wildman–Crippen LogP) is 7.04. The highest BCUT2D eigenvalue weighted by molar-refractivity contribution is 7.98. The predicted molar refractivity (Wildman–Crippen MR) is 120 cm³/mol. The number of rotatable bonds is 3. The zero-order valence-corrected chi connectivity index (χ0v) is 16.9. The Kier molecular flexibility index (Phi) is 4.66. The highest BCUT2D eigenvalue weighted by Gasteiger charge is 2.29. The van der Waals surface area contributed by atoms with Crippen molar-refractivity contribution in [2.75, 3.05) is 4.90 Å². The van der Waals surface area contributed by atoms with Crippen LogP contribution in [0.1, 0.15) is 5.56 Å². The monoisotopic (exact) mass is 417 g/mol. The third-order valence-electron chi connectivity index (χ3n) is 4.90. The highest BCUT2D eigenvalue weighted by atomic mass is 35.5. The molecule has 4 aromatic rings. The van der Waals surface area contributed by atoms with Crippen LogP contribution >= 0.6 is 23.4 Å². The second-order valence-electron chi connectivity index (χ2n) is 6.65. The molecule has 0 bridgehead atoms. The minimum atomic E-state index is -0.529. The van der Waals surface area contributed by atoms with Gasteiger partial charge in [0.05, 0.1) is 5.69 Å². The largest absolute Gasteiger partial charge is 0.421 e. The van der Waals surface area contributed by atoms with Gasteiger partial charge in [0.2, 0.25) is 0 Å². The summed E-state index contributed by atoms with van der Waals surface area (Å²) in [5.41, 5.74) is 3.85. The molecule has 2 heterocycles. The average Bonchev–Trinajstić information content (AvgIpc) is 2.78. The van der Waals surface area contributed by atoms with E-state index in [1.807, 2.05) is 89.8 Å². The Morgan fingerprint density at radius 3 is 2.07 bits per heavy atom. The molecule has 0 fully saturated rings. The Hall–Kier alpha value is -2.95. The van der Waals surface area contributed by atoms with Gasteiger partial charge in [0.1, 0.15) is 5.76 Å².